The van der Waals surface area contributed by atoms with E-state index in [4.69, 9.17) is 9.15 Å². The van der Waals surface area contributed by atoms with Crippen LogP contribution in [0.4, 0.5) is 5.69 Å². The second-order valence-electron chi connectivity index (χ2n) is 5.66. The fourth-order valence-electron chi connectivity index (χ4n) is 2.57. The highest BCUT2D eigenvalue weighted by atomic mass is 16.5. The average molecular weight is 328 g/mol. The molecule has 2 heterocycles. The summed E-state index contributed by atoms with van der Waals surface area (Å²) >= 11 is 0. The Labute approximate surface area is 140 Å². The van der Waals surface area contributed by atoms with E-state index < -0.39 is 0 Å². The van der Waals surface area contributed by atoms with Crippen molar-refractivity contribution in [3.8, 4) is 0 Å². The molecule has 0 saturated heterocycles. The minimum atomic E-state index is -0.110. The predicted octanol–water partition coefficient (Wildman–Crippen LogP) is 2.50. The summed E-state index contributed by atoms with van der Waals surface area (Å²) < 4.78 is 10.6. The van der Waals surface area contributed by atoms with Crippen LogP contribution < -0.4 is 10.6 Å². The lowest BCUT2D eigenvalue weighted by molar-refractivity contribution is -0.116. The number of furan rings is 1. The van der Waals surface area contributed by atoms with Gasteiger partial charge in [-0.25, -0.2) is 0 Å². The van der Waals surface area contributed by atoms with E-state index in [0.717, 1.165) is 23.4 Å². The summed E-state index contributed by atoms with van der Waals surface area (Å²) in [6.45, 7) is 1.54. The lowest BCUT2D eigenvalue weighted by Crippen LogP contribution is -2.26. The molecule has 0 bridgehead atoms. The van der Waals surface area contributed by atoms with Crippen LogP contribution in [0.15, 0.2) is 41.0 Å². The molecular weight excluding hydrogens is 308 g/mol. The SMILES string of the molecule is O=C1CCc2cc(C(=O)NCCCOCc3ccco3)ccc2N1. The number of nitrogens with one attached hydrogen (secondary N) is 2. The highest BCUT2D eigenvalue weighted by Gasteiger charge is 2.16. The standard InChI is InChI=1S/C18H20N2O4/c21-17-7-5-13-11-14(4-6-16(13)20-17)18(22)19-8-2-9-23-12-15-3-1-10-24-15/h1,3-4,6,10-11H,2,5,7-9,12H2,(H,19,22)(H,20,21). The van der Waals surface area contributed by atoms with Crippen LogP contribution in [0.1, 0.15) is 34.5 Å². The lowest BCUT2D eigenvalue weighted by Gasteiger charge is -2.17. The Bertz CT molecular complexity index is 710. The first kappa shape index (κ1) is 16.3. The van der Waals surface area contributed by atoms with Crippen molar-refractivity contribution >= 4 is 17.5 Å². The highest BCUT2D eigenvalue weighted by Crippen LogP contribution is 2.23. The van der Waals surface area contributed by atoms with Gasteiger partial charge in [-0.3, -0.25) is 9.59 Å². The molecule has 0 atom stereocenters. The molecule has 2 aromatic rings. The van der Waals surface area contributed by atoms with Crippen molar-refractivity contribution in [2.24, 2.45) is 0 Å². The largest absolute Gasteiger partial charge is 0.467 e. The summed E-state index contributed by atoms with van der Waals surface area (Å²) in [5.74, 6) is 0.704. The number of amides is 2. The minimum absolute atomic E-state index is 0.0225. The predicted molar refractivity (Wildman–Crippen MR) is 88.7 cm³/mol. The summed E-state index contributed by atoms with van der Waals surface area (Å²) in [6.07, 6.45) is 3.48. The van der Waals surface area contributed by atoms with E-state index in [2.05, 4.69) is 10.6 Å². The molecule has 6 heteroatoms. The number of hydrogen-bond donors (Lipinski definition) is 2. The van der Waals surface area contributed by atoms with Crippen LogP contribution >= 0.6 is 0 Å². The quantitative estimate of drug-likeness (QED) is 0.765. The van der Waals surface area contributed by atoms with E-state index in [1.807, 2.05) is 18.2 Å². The van der Waals surface area contributed by atoms with Crippen LogP contribution in [0.5, 0.6) is 0 Å². The zero-order chi connectivity index (χ0) is 16.8. The van der Waals surface area contributed by atoms with Gasteiger partial charge in [-0.05, 0) is 48.7 Å². The Morgan fingerprint density at radius 1 is 1.29 bits per heavy atom. The highest BCUT2D eigenvalue weighted by molar-refractivity contribution is 5.97. The van der Waals surface area contributed by atoms with Gasteiger partial charge in [-0.1, -0.05) is 0 Å². The fourth-order valence-corrected chi connectivity index (χ4v) is 2.57. The van der Waals surface area contributed by atoms with Gasteiger partial charge in [0.2, 0.25) is 5.91 Å². The Morgan fingerprint density at radius 2 is 2.21 bits per heavy atom. The van der Waals surface area contributed by atoms with Crippen molar-refractivity contribution in [2.75, 3.05) is 18.5 Å². The van der Waals surface area contributed by atoms with Crippen LogP contribution in [0.3, 0.4) is 0 Å². The van der Waals surface area contributed by atoms with Crippen LogP contribution in [-0.4, -0.2) is 25.0 Å². The van der Waals surface area contributed by atoms with Crippen molar-refractivity contribution < 1.29 is 18.7 Å². The third-order valence-corrected chi connectivity index (χ3v) is 3.84. The van der Waals surface area contributed by atoms with Gasteiger partial charge in [0.1, 0.15) is 12.4 Å². The average Bonchev–Trinajstić information content (AvgIpc) is 3.10. The van der Waals surface area contributed by atoms with Gasteiger partial charge in [0.25, 0.3) is 5.91 Å². The van der Waals surface area contributed by atoms with E-state index in [1.165, 1.54) is 0 Å². The van der Waals surface area contributed by atoms with Gasteiger partial charge in [-0.2, -0.15) is 0 Å². The zero-order valence-corrected chi connectivity index (χ0v) is 13.3. The van der Waals surface area contributed by atoms with E-state index in [-0.39, 0.29) is 11.8 Å². The monoisotopic (exact) mass is 328 g/mol. The molecule has 1 aliphatic rings. The maximum Gasteiger partial charge on any atom is 0.251 e. The molecule has 126 valence electrons. The molecule has 6 nitrogen and oxygen atoms in total. The molecular formula is C18H20N2O4. The molecule has 0 radical (unpaired) electrons. The van der Waals surface area contributed by atoms with Gasteiger partial charge in [0.15, 0.2) is 0 Å². The summed E-state index contributed by atoms with van der Waals surface area (Å²) in [5, 5.41) is 5.69. The Balaban J connectivity index is 1.40. The number of carbonyl (C=O) groups excluding carboxylic acids is 2. The second kappa shape index (κ2) is 7.79. The van der Waals surface area contributed by atoms with Crippen molar-refractivity contribution in [1.82, 2.24) is 5.32 Å². The minimum Gasteiger partial charge on any atom is -0.467 e. The van der Waals surface area contributed by atoms with Crippen LogP contribution in [0.25, 0.3) is 0 Å². The first-order chi connectivity index (χ1) is 11.7. The number of carbonyl (C=O) groups is 2. The second-order valence-corrected chi connectivity index (χ2v) is 5.66. The molecule has 2 amide bonds. The van der Waals surface area contributed by atoms with Crippen molar-refractivity contribution in [3.63, 3.8) is 0 Å². The summed E-state index contributed by atoms with van der Waals surface area (Å²) in [4.78, 5) is 23.5. The van der Waals surface area contributed by atoms with E-state index in [1.54, 1.807) is 18.4 Å². The smallest absolute Gasteiger partial charge is 0.251 e. The number of rotatable bonds is 7. The van der Waals surface area contributed by atoms with Gasteiger partial charge >= 0.3 is 0 Å². The third-order valence-electron chi connectivity index (χ3n) is 3.84. The molecule has 1 aromatic carbocycles. The number of ether oxygens (including phenoxy) is 1. The number of anilines is 1. The third kappa shape index (κ3) is 4.23. The molecule has 1 aliphatic heterocycles. The summed E-state index contributed by atoms with van der Waals surface area (Å²) in [7, 11) is 0. The number of benzene rings is 1. The van der Waals surface area contributed by atoms with Crippen LogP contribution in [-0.2, 0) is 22.6 Å². The maximum absolute atomic E-state index is 12.2. The molecule has 2 N–H and O–H groups in total. The lowest BCUT2D eigenvalue weighted by atomic mass is 10.00. The van der Waals surface area contributed by atoms with Gasteiger partial charge < -0.3 is 19.8 Å². The number of fused-ring (bicyclic) bond motifs is 1. The number of hydrogen-bond acceptors (Lipinski definition) is 4. The molecule has 0 unspecified atom stereocenters. The molecule has 0 fully saturated rings. The first-order valence-corrected chi connectivity index (χ1v) is 8.03. The van der Waals surface area contributed by atoms with Crippen molar-refractivity contribution in [3.05, 3.63) is 53.5 Å². The first-order valence-electron chi connectivity index (χ1n) is 8.03. The van der Waals surface area contributed by atoms with Crippen molar-refractivity contribution in [1.29, 1.82) is 0 Å². The molecule has 0 aliphatic carbocycles. The number of aryl methyl sites for hydroxylation is 1. The Kier molecular flexibility index (Phi) is 5.28. The van der Waals surface area contributed by atoms with E-state index >= 15 is 0 Å². The molecule has 0 spiro atoms. The zero-order valence-electron chi connectivity index (χ0n) is 13.3. The Morgan fingerprint density at radius 3 is 3.04 bits per heavy atom. The fraction of sp³-hybridized carbons (Fsp3) is 0.333. The molecule has 24 heavy (non-hydrogen) atoms. The topological polar surface area (TPSA) is 80.6 Å². The van der Waals surface area contributed by atoms with Gasteiger partial charge in [0.05, 0.1) is 6.26 Å². The molecule has 3 rings (SSSR count). The molecule has 1 aromatic heterocycles. The van der Waals surface area contributed by atoms with Gasteiger partial charge in [-0.15, -0.1) is 0 Å². The van der Waals surface area contributed by atoms with Crippen molar-refractivity contribution in [2.45, 2.75) is 25.9 Å². The summed E-state index contributed by atoms with van der Waals surface area (Å²) in [5.41, 5.74) is 2.42. The van der Waals surface area contributed by atoms with Crippen LogP contribution in [0, 0.1) is 0 Å². The van der Waals surface area contributed by atoms with E-state index in [9.17, 15) is 9.59 Å². The normalized spacial score (nSPS) is 13.2. The summed E-state index contributed by atoms with van der Waals surface area (Å²) in [6, 6.07) is 9.04. The van der Waals surface area contributed by atoms with Gasteiger partial charge in [0, 0.05) is 30.8 Å². The maximum atomic E-state index is 12.2. The molecule has 0 saturated carbocycles. The van der Waals surface area contributed by atoms with Crippen LogP contribution in [0.2, 0.25) is 0 Å². The Hall–Kier alpha value is -2.60. The van der Waals surface area contributed by atoms with E-state index in [0.29, 0.717) is 38.2 Å².